The third-order valence-corrected chi connectivity index (χ3v) is 10.1. The van der Waals surface area contributed by atoms with Gasteiger partial charge in [-0.3, -0.25) is 14.7 Å². The fourth-order valence-electron chi connectivity index (χ4n) is 6.20. The zero-order valence-corrected chi connectivity index (χ0v) is 28.6. The van der Waals surface area contributed by atoms with Crippen LogP contribution in [-0.4, -0.2) is 108 Å². The van der Waals surface area contributed by atoms with Gasteiger partial charge < -0.3 is 14.5 Å². The second kappa shape index (κ2) is 13.9. The third-order valence-electron chi connectivity index (χ3n) is 8.63. The number of aromatic nitrogens is 4. The number of rotatable bonds is 7. The molecular formula is C33H34ClF2N7O5S. The molecule has 1 amide bonds. The number of benzene rings is 1. The Morgan fingerprint density at radius 2 is 1.86 bits per heavy atom. The van der Waals surface area contributed by atoms with Crippen molar-refractivity contribution in [2.45, 2.75) is 24.8 Å². The van der Waals surface area contributed by atoms with Crippen molar-refractivity contribution >= 4 is 44.2 Å². The number of carbonyl (C=O) groups excluding carboxylic acids is 1. The Hall–Kier alpha value is -4.31. The molecule has 0 aliphatic carbocycles. The second-order valence-electron chi connectivity index (χ2n) is 12.0. The number of piperazine rings is 1. The smallest absolute Gasteiger partial charge is 0.355 e. The van der Waals surface area contributed by atoms with Gasteiger partial charge in [0, 0.05) is 63.8 Å². The first kappa shape index (κ1) is 34.5. The van der Waals surface area contributed by atoms with Gasteiger partial charge in [-0.2, -0.15) is 4.98 Å². The summed E-state index contributed by atoms with van der Waals surface area (Å²) in [6.07, 6.45) is 5.66. The lowest BCUT2D eigenvalue weighted by molar-refractivity contribution is -0.126. The van der Waals surface area contributed by atoms with E-state index in [0.717, 1.165) is 36.0 Å². The van der Waals surface area contributed by atoms with Crippen LogP contribution in [-0.2, 0) is 19.4 Å². The lowest BCUT2D eigenvalue weighted by Gasteiger charge is -2.40. The predicted octanol–water partition coefficient (Wildman–Crippen LogP) is 3.41. The van der Waals surface area contributed by atoms with E-state index in [2.05, 4.69) is 19.9 Å². The SMILES string of the molecule is Cc1nccc(S(C)(=O)=O)c1-n1c(=O)nc(N2CCN(C(=O)/C=C/CN3CCOCC3)C[C@@H]2C)c2cc(F)c(-c3c(F)cccc3Cl)nc21. The molecular weight excluding hydrogens is 680 g/mol. The molecule has 2 saturated heterocycles. The Morgan fingerprint density at radius 3 is 2.55 bits per heavy atom. The van der Waals surface area contributed by atoms with Gasteiger partial charge in [0.25, 0.3) is 0 Å². The summed E-state index contributed by atoms with van der Waals surface area (Å²) in [5.74, 6) is -1.86. The number of nitrogens with zero attached hydrogens (tertiary/aromatic N) is 7. The van der Waals surface area contributed by atoms with Gasteiger partial charge in [0.05, 0.1) is 45.5 Å². The van der Waals surface area contributed by atoms with Gasteiger partial charge in [0.15, 0.2) is 21.3 Å². The standard InChI is InChI=1S/C33H34ClF2N7O5S/c1-20-19-41(27(44)8-5-11-40-14-16-48-17-15-40)12-13-42(20)31-22-18-25(36)29(28-23(34)6-4-7-24(28)35)38-32(22)43(33(45)39-31)30-21(2)37-10-9-26(30)49(3,46)47/h4-10,18,20H,11-17,19H2,1-3H3/b8-5+/t20-/m0/s1. The molecule has 0 radical (unpaired) electrons. The average Bonchev–Trinajstić information content (AvgIpc) is 3.05. The first-order chi connectivity index (χ1) is 23.3. The maximum atomic E-state index is 16.0. The first-order valence-corrected chi connectivity index (χ1v) is 17.9. The van der Waals surface area contributed by atoms with Crippen molar-refractivity contribution in [1.82, 2.24) is 29.3 Å². The van der Waals surface area contributed by atoms with Crippen LogP contribution in [0.3, 0.4) is 0 Å². The quantitative estimate of drug-likeness (QED) is 0.263. The maximum Gasteiger partial charge on any atom is 0.355 e. The molecule has 5 heterocycles. The van der Waals surface area contributed by atoms with E-state index in [4.69, 9.17) is 16.3 Å². The van der Waals surface area contributed by atoms with Crippen molar-refractivity contribution in [1.29, 1.82) is 0 Å². The molecule has 1 atom stereocenters. The highest BCUT2D eigenvalue weighted by molar-refractivity contribution is 7.90. The Morgan fingerprint density at radius 1 is 1.10 bits per heavy atom. The second-order valence-corrected chi connectivity index (χ2v) is 14.4. The molecule has 49 heavy (non-hydrogen) atoms. The molecule has 0 saturated carbocycles. The summed E-state index contributed by atoms with van der Waals surface area (Å²) < 4.78 is 63.2. The van der Waals surface area contributed by atoms with E-state index >= 15 is 8.78 Å². The molecule has 0 bridgehead atoms. The van der Waals surface area contributed by atoms with Crippen LogP contribution in [0.25, 0.3) is 28.0 Å². The van der Waals surface area contributed by atoms with Crippen LogP contribution in [0.1, 0.15) is 12.6 Å². The number of pyridine rings is 2. The summed E-state index contributed by atoms with van der Waals surface area (Å²) >= 11 is 6.30. The van der Waals surface area contributed by atoms with Crippen LogP contribution in [0.4, 0.5) is 14.6 Å². The molecule has 6 rings (SSSR count). The van der Waals surface area contributed by atoms with E-state index < -0.39 is 32.9 Å². The van der Waals surface area contributed by atoms with Gasteiger partial charge in [-0.25, -0.2) is 31.5 Å². The van der Waals surface area contributed by atoms with E-state index in [1.54, 1.807) is 15.9 Å². The Labute approximate surface area is 286 Å². The van der Waals surface area contributed by atoms with Gasteiger partial charge in [-0.15, -0.1) is 0 Å². The largest absolute Gasteiger partial charge is 0.379 e. The zero-order chi connectivity index (χ0) is 35.0. The summed E-state index contributed by atoms with van der Waals surface area (Å²) in [4.78, 5) is 45.5. The molecule has 16 heteroatoms. The Balaban J connectivity index is 1.45. The van der Waals surface area contributed by atoms with Crippen LogP contribution in [0.5, 0.6) is 0 Å². The maximum absolute atomic E-state index is 16.0. The summed E-state index contributed by atoms with van der Waals surface area (Å²) in [7, 11) is -3.91. The van der Waals surface area contributed by atoms with E-state index in [-0.39, 0.29) is 75.3 Å². The predicted molar refractivity (Wildman–Crippen MR) is 181 cm³/mol. The Kier molecular flexibility index (Phi) is 9.80. The van der Waals surface area contributed by atoms with Gasteiger partial charge in [-0.05, 0) is 38.1 Å². The minimum atomic E-state index is -3.91. The van der Waals surface area contributed by atoms with Crippen LogP contribution in [0.2, 0.25) is 5.02 Å². The highest BCUT2D eigenvalue weighted by Gasteiger charge is 2.31. The lowest BCUT2D eigenvalue weighted by Crippen LogP contribution is -2.54. The van der Waals surface area contributed by atoms with Crippen molar-refractivity contribution in [3.05, 3.63) is 81.5 Å². The highest BCUT2D eigenvalue weighted by atomic mass is 35.5. The number of hydrogen-bond acceptors (Lipinski definition) is 10. The highest BCUT2D eigenvalue weighted by Crippen LogP contribution is 2.36. The lowest BCUT2D eigenvalue weighted by atomic mass is 10.1. The van der Waals surface area contributed by atoms with Crippen LogP contribution >= 0.6 is 11.6 Å². The summed E-state index contributed by atoms with van der Waals surface area (Å²) in [6, 6.07) is 5.81. The number of hydrogen-bond donors (Lipinski definition) is 0. The van der Waals surface area contributed by atoms with Crippen LogP contribution in [0.15, 0.2) is 58.4 Å². The van der Waals surface area contributed by atoms with Crippen molar-refractivity contribution in [2.24, 2.45) is 0 Å². The van der Waals surface area contributed by atoms with Crippen molar-refractivity contribution in [3.8, 4) is 16.9 Å². The van der Waals surface area contributed by atoms with Crippen LogP contribution < -0.4 is 10.6 Å². The molecule has 0 unspecified atom stereocenters. The van der Waals surface area contributed by atoms with Gasteiger partial charge in [0.1, 0.15) is 17.3 Å². The molecule has 3 aromatic heterocycles. The van der Waals surface area contributed by atoms with Crippen molar-refractivity contribution < 1.29 is 26.7 Å². The van der Waals surface area contributed by atoms with Gasteiger partial charge in [0.2, 0.25) is 5.91 Å². The molecule has 2 aliphatic rings. The number of fused-ring (bicyclic) bond motifs is 1. The fourth-order valence-corrected chi connectivity index (χ4v) is 7.35. The average molecular weight is 714 g/mol. The number of ether oxygens (including phenoxy) is 1. The van der Waals surface area contributed by atoms with E-state index in [1.807, 2.05) is 13.0 Å². The van der Waals surface area contributed by atoms with Gasteiger partial charge >= 0.3 is 5.69 Å². The van der Waals surface area contributed by atoms with E-state index in [0.29, 0.717) is 19.8 Å². The summed E-state index contributed by atoms with van der Waals surface area (Å²) in [5, 5.41) is -0.0511. The molecule has 12 nitrogen and oxygen atoms in total. The number of amides is 1. The number of anilines is 1. The molecule has 0 spiro atoms. The van der Waals surface area contributed by atoms with E-state index in [9.17, 15) is 18.0 Å². The number of aryl methyl sites for hydroxylation is 1. The van der Waals surface area contributed by atoms with Gasteiger partial charge in [-0.1, -0.05) is 23.7 Å². The minimum Gasteiger partial charge on any atom is -0.379 e. The fraction of sp³-hybridized carbons (Fsp3) is 0.364. The summed E-state index contributed by atoms with van der Waals surface area (Å²) in [5.41, 5.74) is -1.84. The number of morpholine rings is 1. The van der Waals surface area contributed by atoms with Crippen LogP contribution in [0, 0.1) is 18.6 Å². The topological polar surface area (TPSA) is 131 Å². The monoisotopic (exact) mass is 713 g/mol. The summed E-state index contributed by atoms with van der Waals surface area (Å²) in [6.45, 7) is 7.73. The normalized spacial score (nSPS) is 17.7. The number of carbonyl (C=O) groups is 1. The number of halogens is 3. The third kappa shape index (κ3) is 6.93. The van der Waals surface area contributed by atoms with Crippen molar-refractivity contribution in [3.63, 3.8) is 0 Å². The zero-order valence-electron chi connectivity index (χ0n) is 27.1. The molecule has 2 fully saturated rings. The number of sulfone groups is 1. The van der Waals surface area contributed by atoms with E-state index in [1.165, 1.54) is 31.3 Å². The molecule has 0 N–H and O–H groups in total. The Bertz CT molecular complexity index is 2120. The minimum absolute atomic E-state index is 0.0630. The molecule has 2 aliphatic heterocycles. The van der Waals surface area contributed by atoms with Crippen molar-refractivity contribution in [2.75, 3.05) is 63.6 Å². The molecule has 4 aromatic rings. The first-order valence-electron chi connectivity index (χ1n) is 15.6. The molecule has 258 valence electrons. The molecule has 1 aromatic carbocycles.